The maximum absolute atomic E-state index is 13.2. The number of nitrogens with one attached hydrogen (secondary N) is 2. The number of aliphatic hydroxyl groups excluding tert-OH is 1. The Kier molecular flexibility index (Phi) is 9.77. The average molecular weight is 602 g/mol. The van der Waals surface area contributed by atoms with Crippen molar-refractivity contribution in [1.29, 1.82) is 0 Å². The van der Waals surface area contributed by atoms with Crippen molar-refractivity contribution in [1.82, 2.24) is 10.2 Å². The Morgan fingerprint density at radius 3 is 2.11 bits per heavy atom. The summed E-state index contributed by atoms with van der Waals surface area (Å²) in [5.41, 5.74) is 3.36. The van der Waals surface area contributed by atoms with E-state index in [1.54, 1.807) is 24.3 Å². The van der Waals surface area contributed by atoms with Crippen LogP contribution >= 0.6 is 0 Å². The number of alkyl halides is 3. The first-order valence-corrected chi connectivity index (χ1v) is 14.6. The summed E-state index contributed by atoms with van der Waals surface area (Å²) in [7, 11) is 0. The quantitative estimate of drug-likeness (QED) is 0.201. The highest BCUT2D eigenvalue weighted by Crippen LogP contribution is 2.34. The fourth-order valence-corrected chi connectivity index (χ4v) is 5.74. The number of aliphatic hydroxyl groups is 1. The molecule has 5 rings (SSSR count). The molecule has 0 saturated carbocycles. The Bertz CT molecular complexity index is 1550. The van der Waals surface area contributed by atoms with Gasteiger partial charge in [0.25, 0.3) is 5.91 Å². The van der Waals surface area contributed by atoms with Crippen LogP contribution in [0.3, 0.4) is 0 Å². The SMILES string of the molecule is O=C(Nc1ccc(C2CCN(C(C(=O)NCCO)c3ccccc3)CC2)cc1)c1ccccc1-c1ccc(C(F)(F)F)cc1. The zero-order valence-electron chi connectivity index (χ0n) is 24.1. The van der Waals surface area contributed by atoms with Crippen molar-refractivity contribution in [2.24, 2.45) is 0 Å². The Balaban J connectivity index is 1.23. The third-order valence-corrected chi connectivity index (χ3v) is 8.00. The van der Waals surface area contributed by atoms with Crippen molar-refractivity contribution in [2.45, 2.75) is 31.0 Å². The Morgan fingerprint density at radius 1 is 0.841 bits per heavy atom. The number of halogens is 3. The van der Waals surface area contributed by atoms with Crippen LogP contribution in [0.4, 0.5) is 18.9 Å². The van der Waals surface area contributed by atoms with Gasteiger partial charge < -0.3 is 15.7 Å². The molecule has 0 radical (unpaired) electrons. The van der Waals surface area contributed by atoms with Gasteiger partial charge >= 0.3 is 6.18 Å². The van der Waals surface area contributed by atoms with Gasteiger partial charge in [-0.05, 0) is 84.4 Å². The minimum atomic E-state index is -4.43. The second-order valence-corrected chi connectivity index (χ2v) is 10.8. The van der Waals surface area contributed by atoms with Crippen molar-refractivity contribution in [3.8, 4) is 11.1 Å². The summed E-state index contributed by atoms with van der Waals surface area (Å²) in [6, 6.07) is 28.5. The molecular weight excluding hydrogens is 567 g/mol. The van der Waals surface area contributed by atoms with Crippen molar-refractivity contribution in [3.05, 3.63) is 125 Å². The number of benzene rings is 4. The van der Waals surface area contributed by atoms with E-state index in [4.69, 9.17) is 0 Å². The lowest BCUT2D eigenvalue weighted by Gasteiger charge is -2.37. The molecule has 4 aromatic carbocycles. The number of carbonyl (C=O) groups is 2. The maximum atomic E-state index is 13.2. The van der Waals surface area contributed by atoms with E-state index in [0.29, 0.717) is 28.3 Å². The minimum Gasteiger partial charge on any atom is -0.395 e. The van der Waals surface area contributed by atoms with Crippen LogP contribution in [0, 0.1) is 0 Å². The number of likely N-dealkylation sites (tertiary alicyclic amines) is 1. The van der Waals surface area contributed by atoms with Gasteiger partial charge in [-0.2, -0.15) is 13.2 Å². The first-order chi connectivity index (χ1) is 21.2. The van der Waals surface area contributed by atoms with Gasteiger partial charge in [0.15, 0.2) is 0 Å². The van der Waals surface area contributed by atoms with Crippen LogP contribution in [0.15, 0.2) is 103 Å². The van der Waals surface area contributed by atoms with E-state index < -0.39 is 17.8 Å². The van der Waals surface area contributed by atoms with E-state index in [1.165, 1.54) is 12.1 Å². The van der Waals surface area contributed by atoms with E-state index in [-0.39, 0.29) is 25.0 Å². The summed E-state index contributed by atoms with van der Waals surface area (Å²) < 4.78 is 39.0. The molecule has 1 saturated heterocycles. The summed E-state index contributed by atoms with van der Waals surface area (Å²) in [6.07, 6.45) is -2.70. The molecule has 9 heteroatoms. The van der Waals surface area contributed by atoms with E-state index in [1.807, 2.05) is 54.6 Å². The summed E-state index contributed by atoms with van der Waals surface area (Å²) >= 11 is 0. The second-order valence-electron chi connectivity index (χ2n) is 10.8. The maximum Gasteiger partial charge on any atom is 0.416 e. The van der Waals surface area contributed by atoms with Gasteiger partial charge in [-0.15, -0.1) is 0 Å². The highest BCUT2D eigenvalue weighted by atomic mass is 19.4. The lowest BCUT2D eigenvalue weighted by Crippen LogP contribution is -2.44. The fraction of sp³-hybridized carbons (Fsp3) is 0.257. The number of hydrogen-bond acceptors (Lipinski definition) is 4. The number of piperidine rings is 1. The van der Waals surface area contributed by atoms with Crippen molar-refractivity contribution < 1.29 is 27.9 Å². The molecular formula is C35H34F3N3O3. The van der Waals surface area contributed by atoms with Crippen molar-refractivity contribution >= 4 is 17.5 Å². The van der Waals surface area contributed by atoms with Gasteiger partial charge in [-0.3, -0.25) is 14.5 Å². The molecule has 1 aliphatic heterocycles. The Hall–Kier alpha value is -4.47. The number of rotatable bonds is 9. The molecule has 228 valence electrons. The average Bonchev–Trinajstić information content (AvgIpc) is 3.05. The molecule has 1 atom stereocenters. The van der Waals surface area contributed by atoms with Gasteiger partial charge in [0.05, 0.1) is 12.2 Å². The van der Waals surface area contributed by atoms with Gasteiger partial charge in [-0.1, -0.05) is 72.8 Å². The molecule has 4 aromatic rings. The van der Waals surface area contributed by atoms with Crippen molar-refractivity contribution in [2.75, 3.05) is 31.6 Å². The zero-order chi connectivity index (χ0) is 31.1. The monoisotopic (exact) mass is 601 g/mol. The highest BCUT2D eigenvalue weighted by Gasteiger charge is 2.32. The van der Waals surface area contributed by atoms with Crippen LogP contribution in [0.2, 0.25) is 0 Å². The molecule has 1 unspecified atom stereocenters. The van der Waals surface area contributed by atoms with E-state index in [9.17, 15) is 27.9 Å². The lowest BCUT2D eigenvalue weighted by atomic mass is 9.88. The van der Waals surface area contributed by atoms with Crippen LogP contribution < -0.4 is 10.6 Å². The number of carbonyl (C=O) groups excluding carboxylic acids is 2. The van der Waals surface area contributed by atoms with E-state index >= 15 is 0 Å². The van der Waals surface area contributed by atoms with Gasteiger partial charge in [-0.25, -0.2) is 0 Å². The molecule has 0 spiro atoms. The number of hydrogen-bond donors (Lipinski definition) is 3. The predicted molar refractivity (Wildman–Crippen MR) is 164 cm³/mol. The lowest BCUT2D eigenvalue weighted by molar-refractivity contribution is -0.137. The van der Waals surface area contributed by atoms with Gasteiger partial charge in [0.2, 0.25) is 5.91 Å². The molecule has 0 aromatic heterocycles. The van der Waals surface area contributed by atoms with Crippen LogP contribution in [-0.2, 0) is 11.0 Å². The first kappa shape index (κ1) is 31.0. The Morgan fingerprint density at radius 2 is 1.48 bits per heavy atom. The third-order valence-electron chi connectivity index (χ3n) is 8.00. The Labute approximate surface area is 254 Å². The predicted octanol–water partition coefficient (Wildman–Crippen LogP) is 6.65. The fourth-order valence-electron chi connectivity index (χ4n) is 5.74. The molecule has 1 aliphatic rings. The van der Waals surface area contributed by atoms with Gasteiger partial charge in [0, 0.05) is 17.8 Å². The smallest absolute Gasteiger partial charge is 0.395 e. The van der Waals surface area contributed by atoms with Crippen LogP contribution in [-0.4, -0.2) is 48.1 Å². The molecule has 44 heavy (non-hydrogen) atoms. The number of nitrogens with zero attached hydrogens (tertiary/aromatic N) is 1. The second kappa shape index (κ2) is 13.9. The topological polar surface area (TPSA) is 81.7 Å². The molecule has 0 aliphatic carbocycles. The number of amides is 2. The van der Waals surface area contributed by atoms with Crippen LogP contribution in [0.5, 0.6) is 0 Å². The first-order valence-electron chi connectivity index (χ1n) is 14.6. The summed E-state index contributed by atoms with van der Waals surface area (Å²) in [5.74, 6) is -0.176. The standard InChI is InChI=1S/C35H34F3N3O3/c36-35(37,38)28-14-10-26(11-15-28)30-8-4-5-9-31(30)33(43)40-29-16-12-24(13-17-29)25-18-21-41(22-19-25)32(34(44)39-20-23-42)27-6-2-1-3-7-27/h1-17,25,32,42H,18-23H2,(H,39,44)(H,40,43). The molecule has 3 N–H and O–H groups in total. The molecule has 2 amide bonds. The minimum absolute atomic E-state index is 0.114. The number of anilines is 1. The van der Waals surface area contributed by atoms with Crippen LogP contribution in [0.1, 0.15) is 51.8 Å². The van der Waals surface area contributed by atoms with Crippen LogP contribution in [0.25, 0.3) is 11.1 Å². The normalized spacial score (nSPS) is 15.0. The summed E-state index contributed by atoms with van der Waals surface area (Å²) in [4.78, 5) is 28.4. The highest BCUT2D eigenvalue weighted by molar-refractivity contribution is 6.08. The summed E-state index contributed by atoms with van der Waals surface area (Å²) in [6.45, 7) is 1.56. The zero-order valence-corrected chi connectivity index (χ0v) is 24.1. The summed E-state index contributed by atoms with van der Waals surface area (Å²) in [5, 5.41) is 14.9. The largest absolute Gasteiger partial charge is 0.416 e. The third kappa shape index (κ3) is 7.35. The molecule has 6 nitrogen and oxygen atoms in total. The molecule has 0 bridgehead atoms. The van der Waals surface area contributed by atoms with E-state index in [0.717, 1.165) is 49.2 Å². The van der Waals surface area contributed by atoms with E-state index in [2.05, 4.69) is 15.5 Å². The van der Waals surface area contributed by atoms with Crippen molar-refractivity contribution in [3.63, 3.8) is 0 Å². The molecule has 1 fully saturated rings. The molecule has 1 heterocycles. The van der Waals surface area contributed by atoms with Gasteiger partial charge in [0.1, 0.15) is 6.04 Å².